The summed E-state index contributed by atoms with van der Waals surface area (Å²) in [6, 6.07) is 0. The second-order valence-electron chi connectivity index (χ2n) is 17.8. The Hall–Kier alpha value is -3.41. The van der Waals surface area contributed by atoms with Gasteiger partial charge >= 0.3 is 17.9 Å². The minimum atomic E-state index is -0.808. The molecule has 0 fully saturated rings. The lowest BCUT2D eigenvalue weighted by Crippen LogP contribution is -2.30. The van der Waals surface area contributed by atoms with Crippen LogP contribution in [0.15, 0.2) is 85.1 Å². The molecule has 0 aliphatic rings. The Labute approximate surface area is 401 Å². The molecular weight excluding hydrogens is 805 g/mol. The summed E-state index contributed by atoms with van der Waals surface area (Å²) >= 11 is 0. The first-order valence-electron chi connectivity index (χ1n) is 27.1. The molecule has 0 N–H and O–H groups in total. The topological polar surface area (TPSA) is 78.9 Å². The lowest BCUT2D eigenvalue weighted by Gasteiger charge is -2.18. The van der Waals surface area contributed by atoms with Crippen LogP contribution in [0.3, 0.4) is 0 Å². The third-order valence-corrected chi connectivity index (χ3v) is 11.4. The molecule has 0 saturated heterocycles. The van der Waals surface area contributed by atoms with Gasteiger partial charge in [0.15, 0.2) is 6.10 Å². The van der Waals surface area contributed by atoms with E-state index in [4.69, 9.17) is 14.2 Å². The molecule has 0 spiro atoms. The normalized spacial score (nSPS) is 12.7. The first kappa shape index (κ1) is 61.6. The number of allylic oxidation sites excluding steroid dienone is 14. The van der Waals surface area contributed by atoms with Crippen LogP contribution in [0, 0.1) is 0 Å². The number of esters is 3. The molecular formula is C59H100O6. The fraction of sp³-hybridized carbons (Fsp3) is 0.712. The minimum absolute atomic E-state index is 0.102. The van der Waals surface area contributed by atoms with Crippen LogP contribution >= 0.6 is 0 Å². The Morgan fingerprint density at radius 2 is 0.631 bits per heavy atom. The van der Waals surface area contributed by atoms with Gasteiger partial charge in [-0.1, -0.05) is 234 Å². The van der Waals surface area contributed by atoms with Crippen molar-refractivity contribution in [3.05, 3.63) is 85.1 Å². The highest BCUT2D eigenvalue weighted by atomic mass is 16.6. The fourth-order valence-corrected chi connectivity index (χ4v) is 7.35. The van der Waals surface area contributed by atoms with Crippen LogP contribution in [0.5, 0.6) is 0 Å². The molecule has 0 aliphatic carbocycles. The lowest BCUT2D eigenvalue weighted by atomic mass is 10.0. The molecule has 0 unspecified atom stereocenters. The maximum Gasteiger partial charge on any atom is 0.306 e. The van der Waals surface area contributed by atoms with Gasteiger partial charge in [0, 0.05) is 19.3 Å². The molecule has 0 aliphatic heterocycles. The van der Waals surface area contributed by atoms with Gasteiger partial charge in [-0.2, -0.15) is 0 Å². The Bertz CT molecular complexity index is 1270. The van der Waals surface area contributed by atoms with E-state index in [2.05, 4.69) is 99.8 Å². The number of hydrogen-bond donors (Lipinski definition) is 0. The maximum absolute atomic E-state index is 12.8. The van der Waals surface area contributed by atoms with Gasteiger partial charge in [-0.3, -0.25) is 14.4 Å². The predicted octanol–water partition coefficient (Wildman–Crippen LogP) is 18.0. The monoisotopic (exact) mass is 905 g/mol. The molecule has 65 heavy (non-hydrogen) atoms. The number of rotatable bonds is 48. The van der Waals surface area contributed by atoms with E-state index in [0.717, 1.165) is 83.5 Å². The van der Waals surface area contributed by atoms with Gasteiger partial charge in [-0.25, -0.2) is 0 Å². The van der Waals surface area contributed by atoms with Gasteiger partial charge in [0.2, 0.25) is 0 Å². The summed E-state index contributed by atoms with van der Waals surface area (Å²) in [6.45, 7) is 6.45. The Morgan fingerprint density at radius 1 is 0.323 bits per heavy atom. The van der Waals surface area contributed by atoms with E-state index in [0.29, 0.717) is 19.3 Å². The van der Waals surface area contributed by atoms with E-state index < -0.39 is 6.10 Å². The molecule has 6 heteroatoms. The first-order chi connectivity index (χ1) is 32.0. The third kappa shape index (κ3) is 51.4. The summed E-state index contributed by atoms with van der Waals surface area (Å²) in [5.41, 5.74) is 0. The fourth-order valence-electron chi connectivity index (χ4n) is 7.35. The van der Waals surface area contributed by atoms with Gasteiger partial charge in [0.1, 0.15) is 13.2 Å². The summed E-state index contributed by atoms with van der Waals surface area (Å²) in [5.74, 6) is -0.994. The summed E-state index contributed by atoms with van der Waals surface area (Å²) in [5, 5.41) is 0. The van der Waals surface area contributed by atoms with Crippen molar-refractivity contribution in [1.82, 2.24) is 0 Å². The van der Waals surface area contributed by atoms with Crippen molar-refractivity contribution in [3.8, 4) is 0 Å². The summed E-state index contributed by atoms with van der Waals surface area (Å²) in [7, 11) is 0. The molecule has 0 aromatic rings. The van der Waals surface area contributed by atoms with Crippen LogP contribution in [-0.2, 0) is 28.6 Å². The van der Waals surface area contributed by atoms with Gasteiger partial charge in [0.05, 0.1) is 0 Å². The van der Waals surface area contributed by atoms with Crippen LogP contribution < -0.4 is 0 Å². The van der Waals surface area contributed by atoms with Crippen molar-refractivity contribution in [2.75, 3.05) is 13.2 Å². The molecule has 0 rings (SSSR count). The summed E-state index contributed by atoms with van der Waals surface area (Å²) in [4.78, 5) is 38.0. The van der Waals surface area contributed by atoms with E-state index in [1.54, 1.807) is 0 Å². The third-order valence-electron chi connectivity index (χ3n) is 11.4. The van der Waals surface area contributed by atoms with Crippen molar-refractivity contribution in [1.29, 1.82) is 0 Å². The van der Waals surface area contributed by atoms with Crippen molar-refractivity contribution < 1.29 is 28.6 Å². The molecule has 0 saturated carbocycles. The molecule has 1 atom stereocenters. The van der Waals surface area contributed by atoms with Crippen molar-refractivity contribution in [3.63, 3.8) is 0 Å². The molecule has 0 bridgehead atoms. The zero-order valence-electron chi connectivity index (χ0n) is 42.5. The lowest BCUT2D eigenvalue weighted by molar-refractivity contribution is -0.166. The highest BCUT2D eigenvalue weighted by molar-refractivity contribution is 5.71. The summed E-state index contributed by atoms with van der Waals surface area (Å²) < 4.78 is 16.7. The minimum Gasteiger partial charge on any atom is -0.462 e. The van der Waals surface area contributed by atoms with Gasteiger partial charge in [-0.15, -0.1) is 0 Å². The quantitative estimate of drug-likeness (QED) is 0.0262. The van der Waals surface area contributed by atoms with Crippen LogP contribution in [0.4, 0.5) is 0 Å². The zero-order chi connectivity index (χ0) is 47.2. The zero-order valence-corrected chi connectivity index (χ0v) is 42.5. The van der Waals surface area contributed by atoms with E-state index >= 15 is 0 Å². The number of carbonyl (C=O) groups is 3. The van der Waals surface area contributed by atoms with E-state index in [1.165, 1.54) is 122 Å². The van der Waals surface area contributed by atoms with Crippen LogP contribution in [-0.4, -0.2) is 37.2 Å². The van der Waals surface area contributed by atoms with Gasteiger partial charge in [0.25, 0.3) is 0 Å². The maximum atomic E-state index is 12.8. The highest BCUT2D eigenvalue weighted by Gasteiger charge is 2.19. The van der Waals surface area contributed by atoms with E-state index in [1.807, 2.05) is 6.08 Å². The molecule has 0 aromatic heterocycles. The Balaban J connectivity index is 4.49. The molecule has 372 valence electrons. The second kappa shape index (κ2) is 53.2. The number of ether oxygens (including phenoxy) is 3. The summed E-state index contributed by atoms with van der Waals surface area (Å²) in [6.07, 6.45) is 68.6. The van der Waals surface area contributed by atoms with Gasteiger partial charge < -0.3 is 14.2 Å². The average Bonchev–Trinajstić information content (AvgIpc) is 3.30. The van der Waals surface area contributed by atoms with Crippen molar-refractivity contribution in [2.45, 2.75) is 258 Å². The van der Waals surface area contributed by atoms with Crippen molar-refractivity contribution in [2.24, 2.45) is 0 Å². The molecule has 0 heterocycles. The van der Waals surface area contributed by atoms with E-state index in [-0.39, 0.29) is 37.5 Å². The van der Waals surface area contributed by atoms with Crippen LogP contribution in [0.25, 0.3) is 0 Å². The largest absolute Gasteiger partial charge is 0.462 e. The average molecular weight is 905 g/mol. The SMILES string of the molecule is CCC=CCC=CCC=CCC=CCC=CCC=CCCC(=O)OC[C@@H](COC(=O)CCCCCCCC=CCCCCCCCC)OC(=O)CCCCCCCCCCCCCCC. The standard InChI is InChI=1S/C59H100O6/c1-4-7-10-13-16-19-22-25-27-28-29-30-32-35-37-40-43-46-49-52-58(61)64-55-56(65-59(62)53-50-47-44-41-38-33-24-21-18-15-12-9-6-3)54-63-57(60)51-48-45-42-39-36-34-31-26-23-20-17-14-11-8-5-2/h7,10,16,19,25-27,29-31,35,37,43,46,56H,4-6,8-9,11-15,17-18,20-24,28,32-34,36,38-42,44-45,47-55H2,1-3H3/t56-/m1/s1. The molecule has 0 radical (unpaired) electrons. The first-order valence-corrected chi connectivity index (χ1v) is 27.1. The van der Waals surface area contributed by atoms with Crippen LogP contribution in [0.1, 0.15) is 252 Å². The Morgan fingerprint density at radius 3 is 1.03 bits per heavy atom. The number of hydrogen-bond acceptors (Lipinski definition) is 6. The smallest absolute Gasteiger partial charge is 0.306 e. The highest BCUT2D eigenvalue weighted by Crippen LogP contribution is 2.15. The predicted molar refractivity (Wildman–Crippen MR) is 279 cm³/mol. The molecule has 6 nitrogen and oxygen atoms in total. The van der Waals surface area contributed by atoms with Crippen molar-refractivity contribution >= 4 is 17.9 Å². The van der Waals surface area contributed by atoms with Gasteiger partial charge in [-0.05, 0) is 83.5 Å². The second-order valence-corrected chi connectivity index (χ2v) is 17.8. The molecule has 0 aromatic carbocycles. The number of carbonyl (C=O) groups excluding carboxylic acids is 3. The van der Waals surface area contributed by atoms with E-state index in [9.17, 15) is 14.4 Å². The number of unbranched alkanes of at least 4 members (excludes halogenated alkanes) is 23. The molecule has 0 amide bonds. The Kier molecular flexibility index (Phi) is 50.4. The van der Waals surface area contributed by atoms with Crippen LogP contribution in [0.2, 0.25) is 0 Å².